The van der Waals surface area contributed by atoms with Crippen LogP contribution >= 0.6 is 0 Å². The zero-order valence-corrected chi connectivity index (χ0v) is 16.9. The summed E-state index contributed by atoms with van der Waals surface area (Å²) < 4.78 is 1.67. The number of carbonyl (C=O) groups excluding carboxylic acids is 1. The van der Waals surface area contributed by atoms with Gasteiger partial charge in [-0.3, -0.25) is 14.5 Å². The summed E-state index contributed by atoms with van der Waals surface area (Å²) in [4.78, 5) is 30.2. The highest BCUT2D eigenvalue weighted by molar-refractivity contribution is 5.93. The van der Waals surface area contributed by atoms with E-state index in [1.807, 2.05) is 24.8 Å². The van der Waals surface area contributed by atoms with Crippen LogP contribution < -0.4 is 5.56 Å². The molecule has 2 aromatic rings. The third-order valence-electron chi connectivity index (χ3n) is 6.30. The molecule has 0 radical (unpaired) electrons. The number of benzene rings is 1. The number of rotatable bonds is 3. The quantitative estimate of drug-likeness (QED) is 0.823. The summed E-state index contributed by atoms with van der Waals surface area (Å²) >= 11 is 0. The van der Waals surface area contributed by atoms with Gasteiger partial charge in [0.15, 0.2) is 0 Å². The van der Waals surface area contributed by atoms with Crippen LogP contribution in [0.15, 0.2) is 41.2 Å². The van der Waals surface area contributed by atoms with Crippen LogP contribution in [0, 0.1) is 6.92 Å². The molecule has 5 nitrogen and oxygen atoms in total. The van der Waals surface area contributed by atoms with Crippen LogP contribution in [-0.4, -0.2) is 52.5 Å². The fourth-order valence-electron chi connectivity index (χ4n) is 4.70. The second kappa shape index (κ2) is 7.92. The van der Waals surface area contributed by atoms with Crippen molar-refractivity contribution >= 4 is 5.91 Å². The van der Waals surface area contributed by atoms with E-state index in [4.69, 9.17) is 0 Å². The maximum absolute atomic E-state index is 13.1. The molecule has 1 aliphatic heterocycles. The first kappa shape index (κ1) is 18.9. The van der Waals surface area contributed by atoms with Gasteiger partial charge < -0.3 is 9.47 Å². The number of hydrogen-bond acceptors (Lipinski definition) is 3. The molecule has 5 heteroatoms. The Morgan fingerprint density at radius 1 is 1.00 bits per heavy atom. The number of amides is 1. The van der Waals surface area contributed by atoms with Crippen molar-refractivity contribution in [1.29, 1.82) is 0 Å². The van der Waals surface area contributed by atoms with Gasteiger partial charge in [-0.05, 0) is 56.4 Å². The molecule has 1 aromatic carbocycles. The van der Waals surface area contributed by atoms with Gasteiger partial charge in [-0.25, -0.2) is 0 Å². The van der Waals surface area contributed by atoms with Crippen molar-refractivity contribution < 1.29 is 4.79 Å². The smallest absolute Gasteiger partial charge is 0.263 e. The number of pyridine rings is 1. The van der Waals surface area contributed by atoms with Crippen molar-refractivity contribution in [3.8, 4) is 0 Å². The highest BCUT2D eigenvalue weighted by Crippen LogP contribution is 2.26. The Morgan fingerprint density at radius 2 is 1.71 bits per heavy atom. The second-order valence-electron chi connectivity index (χ2n) is 7.95. The lowest BCUT2D eigenvalue weighted by atomic mass is 10.1. The lowest BCUT2D eigenvalue weighted by molar-refractivity contribution is 0.0755. The Kier molecular flexibility index (Phi) is 5.36. The first-order valence-corrected chi connectivity index (χ1v) is 10.4. The van der Waals surface area contributed by atoms with Gasteiger partial charge in [0.05, 0.1) is 0 Å². The van der Waals surface area contributed by atoms with Gasteiger partial charge in [0.25, 0.3) is 11.5 Å². The molecular formula is C23H29N3O2. The molecular weight excluding hydrogens is 350 g/mol. The summed E-state index contributed by atoms with van der Waals surface area (Å²) in [6, 6.07) is 12.8. The molecule has 1 amide bonds. The van der Waals surface area contributed by atoms with Gasteiger partial charge in [0, 0.05) is 44.5 Å². The SMILES string of the molecule is CCn1c(C)ccc(C(=O)N2CCCN(C3Cc4ccccc4C3)CC2)c1=O. The lowest BCUT2D eigenvalue weighted by Gasteiger charge is -2.27. The monoisotopic (exact) mass is 379 g/mol. The number of aryl methyl sites for hydroxylation is 1. The zero-order valence-electron chi connectivity index (χ0n) is 16.9. The molecule has 148 valence electrons. The summed E-state index contributed by atoms with van der Waals surface area (Å²) in [5.74, 6) is -0.122. The van der Waals surface area contributed by atoms with E-state index in [0.29, 0.717) is 31.2 Å². The largest absolute Gasteiger partial charge is 0.337 e. The van der Waals surface area contributed by atoms with E-state index in [0.717, 1.165) is 38.0 Å². The fourth-order valence-corrected chi connectivity index (χ4v) is 4.70. The molecule has 1 aliphatic carbocycles. The summed E-state index contributed by atoms with van der Waals surface area (Å²) in [6.45, 7) is 7.71. The molecule has 4 rings (SSSR count). The topological polar surface area (TPSA) is 45.6 Å². The van der Waals surface area contributed by atoms with Crippen LogP contribution in [0.3, 0.4) is 0 Å². The van der Waals surface area contributed by atoms with E-state index in [1.165, 1.54) is 11.1 Å². The molecule has 0 atom stereocenters. The van der Waals surface area contributed by atoms with Crippen molar-refractivity contribution in [3.05, 3.63) is 69.1 Å². The molecule has 2 heterocycles. The summed E-state index contributed by atoms with van der Waals surface area (Å²) in [7, 11) is 0. The van der Waals surface area contributed by atoms with Crippen LogP contribution in [0.1, 0.15) is 40.5 Å². The molecule has 0 N–H and O–H groups in total. The van der Waals surface area contributed by atoms with Gasteiger partial charge in [0.2, 0.25) is 0 Å². The van der Waals surface area contributed by atoms with Crippen molar-refractivity contribution in [2.45, 2.75) is 45.7 Å². The van der Waals surface area contributed by atoms with Gasteiger partial charge in [-0.15, -0.1) is 0 Å². The fraction of sp³-hybridized carbons (Fsp3) is 0.478. The van der Waals surface area contributed by atoms with Crippen molar-refractivity contribution in [2.75, 3.05) is 26.2 Å². The molecule has 0 saturated carbocycles. The first-order valence-electron chi connectivity index (χ1n) is 10.4. The Balaban J connectivity index is 1.45. The highest BCUT2D eigenvalue weighted by Gasteiger charge is 2.29. The number of nitrogens with zero attached hydrogens (tertiary/aromatic N) is 3. The second-order valence-corrected chi connectivity index (χ2v) is 7.95. The van der Waals surface area contributed by atoms with Crippen LogP contribution in [0.4, 0.5) is 0 Å². The Bertz CT molecular complexity index is 909. The van der Waals surface area contributed by atoms with Crippen LogP contribution in [0.2, 0.25) is 0 Å². The van der Waals surface area contributed by atoms with Crippen molar-refractivity contribution in [3.63, 3.8) is 0 Å². The minimum atomic E-state index is -0.167. The predicted octanol–water partition coefficient (Wildman–Crippen LogP) is 2.49. The average molecular weight is 380 g/mol. The Hall–Kier alpha value is -2.40. The standard InChI is InChI=1S/C23H29N3O2/c1-3-26-17(2)9-10-21(23(26)28)22(27)25-12-6-11-24(13-14-25)20-15-18-7-4-5-8-19(18)16-20/h4-5,7-10,20H,3,6,11-16H2,1-2H3. The maximum atomic E-state index is 13.1. The third kappa shape index (κ3) is 3.51. The van der Waals surface area contributed by atoms with Crippen molar-refractivity contribution in [2.24, 2.45) is 0 Å². The molecule has 1 aromatic heterocycles. The maximum Gasteiger partial charge on any atom is 0.263 e. The van der Waals surface area contributed by atoms with Gasteiger partial charge >= 0.3 is 0 Å². The van der Waals surface area contributed by atoms with E-state index in [-0.39, 0.29) is 11.5 Å². The van der Waals surface area contributed by atoms with Crippen LogP contribution in [0.5, 0.6) is 0 Å². The summed E-state index contributed by atoms with van der Waals surface area (Å²) in [5.41, 5.74) is 3.95. The number of aromatic nitrogens is 1. The van der Waals surface area contributed by atoms with Gasteiger partial charge in [-0.1, -0.05) is 24.3 Å². The average Bonchev–Trinajstić information content (AvgIpc) is 2.97. The van der Waals surface area contributed by atoms with E-state index >= 15 is 0 Å². The first-order chi connectivity index (χ1) is 13.6. The number of fused-ring (bicyclic) bond motifs is 1. The minimum absolute atomic E-state index is 0.122. The van der Waals surface area contributed by atoms with Crippen LogP contribution in [-0.2, 0) is 19.4 Å². The van der Waals surface area contributed by atoms with E-state index in [9.17, 15) is 9.59 Å². The van der Waals surface area contributed by atoms with E-state index in [2.05, 4.69) is 29.2 Å². The van der Waals surface area contributed by atoms with Crippen molar-refractivity contribution in [1.82, 2.24) is 14.4 Å². The molecule has 0 unspecified atom stereocenters. The van der Waals surface area contributed by atoms with Gasteiger partial charge in [-0.2, -0.15) is 0 Å². The summed E-state index contributed by atoms with van der Waals surface area (Å²) in [5, 5.41) is 0. The Labute approximate surface area is 166 Å². The van der Waals surface area contributed by atoms with E-state index < -0.39 is 0 Å². The molecule has 1 saturated heterocycles. The van der Waals surface area contributed by atoms with Gasteiger partial charge in [0.1, 0.15) is 5.56 Å². The normalized spacial score (nSPS) is 18.1. The molecule has 2 aliphatic rings. The zero-order chi connectivity index (χ0) is 19.7. The Morgan fingerprint density at radius 3 is 2.39 bits per heavy atom. The molecule has 0 bridgehead atoms. The molecule has 28 heavy (non-hydrogen) atoms. The third-order valence-corrected chi connectivity index (χ3v) is 6.30. The van der Waals surface area contributed by atoms with E-state index in [1.54, 1.807) is 10.6 Å². The number of carbonyl (C=O) groups is 1. The lowest BCUT2D eigenvalue weighted by Crippen LogP contribution is -2.41. The van der Waals surface area contributed by atoms with Crippen LogP contribution in [0.25, 0.3) is 0 Å². The highest BCUT2D eigenvalue weighted by atomic mass is 16.2. The summed E-state index contributed by atoms with van der Waals surface area (Å²) in [6.07, 6.45) is 3.15. The minimum Gasteiger partial charge on any atom is -0.337 e. The molecule has 1 fully saturated rings. The predicted molar refractivity (Wildman–Crippen MR) is 111 cm³/mol. The number of hydrogen-bond donors (Lipinski definition) is 0. The molecule has 0 spiro atoms.